The molecule has 0 N–H and O–H groups in total. The molecule has 1 heterocycles. The third-order valence-corrected chi connectivity index (χ3v) is 13.2. The molecule has 0 fully saturated rings. The normalized spacial score (nSPS) is 13.3. The summed E-state index contributed by atoms with van der Waals surface area (Å²) in [6, 6.07) is 79.2. The van der Waals surface area contributed by atoms with Gasteiger partial charge in [0.05, 0.1) is 16.4 Å². The summed E-state index contributed by atoms with van der Waals surface area (Å²) in [5, 5.41) is 7.60. The largest absolute Gasteiger partial charge is 0.309 e. The van der Waals surface area contributed by atoms with Crippen LogP contribution in [0.25, 0.3) is 93.5 Å². The maximum atomic E-state index is 2.53. The Labute approximate surface area is 336 Å². The minimum Gasteiger partial charge on any atom is -0.309 e. The van der Waals surface area contributed by atoms with E-state index in [9.17, 15) is 0 Å². The standard InChI is InChI=1S/C57H35N/c1-2-14-41(15-3-1)58-54-25-13-9-19-45(54)49-34-39(30-31-55(49)58)37-26-27-38-33-40(29-28-36(38)32-37)48-35-53-56(46-20-5-4-16-42(46)48)47-21-8-12-24-52(47)57(53)50-22-10-6-17-43(50)44-18-7-11-23-51(44)57/h1-35H. The summed E-state index contributed by atoms with van der Waals surface area (Å²) in [5.74, 6) is 0. The van der Waals surface area contributed by atoms with Gasteiger partial charge in [-0.05, 0) is 137 Å². The number of benzene rings is 10. The maximum Gasteiger partial charge on any atom is 0.0725 e. The predicted octanol–water partition coefficient (Wildman–Crippen LogP) is 14.8. The van der Waals surface area contributed by atoms with E-state index in [2.05, 4.69) is 217 Å². The van der Waals surface area contributed by atoms with Gasteiger partial charge in [0.1, 0.15) is 0 Å². The van der Waals surface area contributed by atoms with Crippen LogP contribution in [-0.4, -0.2) is 4.57 Å². The van der Waals surface area contributed by atoms with E-state index in [0.29, 0.717) is 0 Å². The van der Waals surface area contributed by atoms with Crippen LogP contribution in [-0.2, 0) is 5.41 Å². The van der Waals surface area contributed by atoms with Gasteiger partial charge in [0.15, 0.2) is 0 Å². The molecule has 0 saturated carbocycles. The SMILES string of the molecule is c1ccc(-n2c3ccccc3c3cc(-c4ccc5cc(-c6cc7c(c8ccccc68)-c6ccccc6C76c7ccccc7-c7ccccc76)ccc5c4)ccc32)cc1. The summed E-state index contributed by atoms with van der Waals surface area (Å²) >= 11 is 0. The summed E-state index contributed by atoms with van der Waals surface area (Å²) < 4.78 is 2.38. The average molecular weight is 734 g/mol. The zero-order valence-electron chi connectivity index (χ0n) is 31.7. The molecule has 10 aromatic carbocycles. The molecule has 2 aliphatic rings. The van der Waals surface area contributed by atoms with E-state index in [1.54, 1.807) is 0 Å². The molecule has 0 amide bonds. The predicted molar refractivity (Wildman–Crippen MR) is 243 cm³/mol. The molecule has 0 radical (unpaired) electrons. The minimum absolute atomic E-state index is 0.391. The van der Waals surface area contributed by atoms with E-state index in [-0.39, 0.29) is 0 Å². The van der Waals surface area contributed by atoms with E-state index >= 15 is 0 Å². The van der Waals surface area contributed by atoms with Crippen molar-refractivity contribution in [1.29, 1.82) is 0 Å². The van der Waals surface area contributed by atoms with Crippen LogP contribution in [0.3, 0.4) is 0 Å². The summed E-state index contributed by atoms with van der Waals surface area (Å²) in [6.07, 6.45) is 0. The lowest BCUT2D eigenvalue weighted by Gasteiger charge is -2.31. The highest BCUT2D eigenvalue weighted by Crippen LogP contribution is 2.64. The van der Waals surface area contributed by atoms with Crippen molar-refractivity contribution in [3.05, 3.63) is 235 Å². The van der Waals surface area contributed by atoms with Crippen molar-refractivity contribution < 1.29 is 0 Å². The van der Waals surface area contributed by atoms with Crippen LogP contribution >= 0.6 is 0 Å². The highest BCUT2D eigenvalue weighted by molar-refractivity contribution is 6.13. The van der Waals surface area contributed by atoms with Crippen molar-refractivity contribution in [2.45, 2.75) is 5.41 Å². The van der Waals surface area contributed by atoms with Crippen molar-refractivity contribution in [2.24, 2.45) is 0 Å². The molecule has 11 aromatic rings. The van der Waals surface area contributed by atoms with Crippen molar-refractivity contribution in [1.82, 2.24) is 4.57 Å². The van der Waals surface area contributed by atoms with Crippen LogP contribution in [0, 0.1) is 0 Å². The van der Waals surface area contributed by atoms with Crippen molar-refractivity contribution in [2.75, 3.05) is 0 Å². The Balaban J connectivity index is 0.982. The highest BCUT2D eigenvalue weighted by atomic mass is 15.0. The van der Waals surface area contributed by atoms with Gasteiger partial charge in [-0.25, -0.2) is 0 Å². The first-order valence-corrected chi connectivity index (χ1v) is 20.3. The number of fused-ring (bicyclic) bond motifs is 16. The van der Waals surface area contributed by atoms with E-state index in [1.165, 1.54) is 116 Å². The first-order chi connectivity index (χ1) is 28.8. The monoisotopic (exact) mass is 733 g/mol. The van der Waals surface area contributed by atoms with Crippen LogP contribution in [0.15, 0.2) is 212 Å². The van der Waals surface area contributed by atoms with Gasteiger partial charge in [-0.1, -0.05) is 164 Å². The van der Waals surface area contributed by atoms with Gasteiger partial charge in [0.2, 0.25) is 0 Å². The second-order valence-electron chi connectivity index (χ2n) is 16.0. The topological polar surface area (TPSA) is 4.93 Å². The molecule has 1 spiro atoms. The van der Waals surface area contributed by atoms with Crippen LogP contribution in [0.5, 0.6) is 0 Å². The molecule has 0 saturated heterocycles. The fraction of sp³-hybridized carbons (Fsp3) is 0.0175. The van der Waals surface area contributed by atoms with Crippen molar-refractivity contribution in [3.8, 4) is 50.2 Å². The zero-order valence-corrected chi connectivity index (χ0v) is 31.7. The Morgan fingerprint density at radius 3 is 1.55 bits per heavy atom. The molecule has 268 valence electrons. The number of hydrogen-bond acceptors (Lipinski definition) is 0. The molecule has 1 heteroatoms. The third-order valence-electron chi connectivity index (χ3n) is 13.2. The molecule has 1 aromatic heterocycles. The van der Waals surface area contributed by atoms with Crippen molar-refractivity contribution in [3.63, 3.8) is 0 Å². The summed E-state index contributed by atoms with van der Waals surface area (Å²) in [6.45, 7) is 0. The lowest BCUT2D eigenvalue weighted by Crippen LogP contribution is -2.25. The van der Waals surface area contributed by atoms with Gasteiger partial charge in [0, 0.05) is 16.5 Å². The second-order valence-corrected chi connectivity index (χ2v) is 16.0. The Morgan fingerprint density at radius 2 is 0.810 bits per heavy atom. The molecule has 58 heavy (non-hydrogen) atoms. The first-order valence-electron chi connectivity index (χ1n) is 20.3. The van der Waals surface area contributed by atoms with Crippen LogP contribution < -0.4 is 0 Å². The number of nitrogens with zero attached hydrogens (tertiary/aromatic N) is 1. The van der Waals surface area contributed by atoms with Crippen LogP contribution in [0.2, 0.25) is 0 Å². The lowest BCUT2D eigenvalue weighted by atomic mass is 9.70. The summed E-state index contributed by atoms with van der Waals surface area (Å²) in [4.78, 5) is 0. The van der Waals surface area contributed by atoms with Gasteiger partial charge in [0.25, 0.3) is 0 Å². The highest BCUT2D eigenvalue weighted by Gasteiger charge is 2.52. The third kappa shape index (κ3) is 4.15. The van der Waals surface area contributed by atoms with Gasteiger partial charge < -0.3 is 4.57 Å². The molecule has 1 nitrogen and oxygen atoms in total. The molecule has 2 aliphatic carbocycles. The molecular weight excluding hydrogens is 699 g/mol. The van der Waals surface area contributed by atoms with Crippen molar-refractivity contribution >= 4 is 43.4 Å². The van der Waals surface area contributed by atoms with Gasteiger partial charge in [-0.15, -0.1) is 0 Å². The smallest absolute Gasteiger partial charge is 0.0725 e. The average Bonchev–Trinajstić information content (AvgIpc) is 3.90. The van der Waals surface area contributed by atoms with E-state index in [1.807, 2.05) is 0 Å². The fourth-order valence-electron chi connectivity index (χ4n) is 10.8. The Morgan fingerprint density at radius 1 is 0.293 bits per heavy atom. The molecule has 0 aliphatic heterocycles. The number of aromatic nitrogens is 1. The van der Waals surface area contributed by atoms with Gasteiger partial charge >= 0.3 is 0 Å². The molecular formula is C57H35N. The summed E-state index contributed by atoms with van der Waals surface area (Å²) in [5.41, 5.74) is 19.0. The molecule has 0 unspecified atom stereocenters. The Hall–Kier alpha value is -7.48. The number of rotatable bonds is 3. The van der Waals surface area contributed by atoms with Crippen LogP contribution in [0.1, 0.15) is 22.3 Å². The van der Waals surface area contributed by atoms with Crippen LogP contribution in [0.4, 0.5) is 0 Å². The molecule has 0 atom stereocenters. The van der Waals surface area contributed by atoms with E-state index in [0.717, 1.165) is 0 Å². The summed E-state index contributed by atoms with van der Waals surface area (Å²) in [7, 11) is 0. The zero-order chi connectivity index (χ0) is 38.0. The maximum absolute atomic E-state index is 2.53. The van der Waals surface area contributed by atoms with Gasteiger partial charge in [-0.2, -0.15) is 0 Å². The molecule has 0 bridgehead atoms. The lowest BCUT2D eigenvalue weighted by molar-refractivity contribution is 0.794. The fourth-order valence-corrected chi connectivity index (χ4v) is 10.8. The minimum atomic E-state index is -0.391. The number of para-hydroxylation sites is 2. The quantitative estimate of drug-likeness (QED) is 0.170. The number of hydrogen-bond donors (Lipinski definition) is 0. The Bertz CT molecular complexity index is 3470. The second kappa shape index (κ2) is 11.8. The van der Waals surface area contributed by atoms with Gasteiger partial charge in [-0.3, -0.25) is 0 Å². The van der Waals surface area contributed by atoms with E-state index < -0.39 is 5.41 Å². The first kappa shape index (κ1) is 31.7. The molecule has 13 rings (SSSR count). The van der Waals surface area contributed by atoms with E-state index in [4.69, 9.17) is 0 Å². The Kier molecular flexibility index (Phi) is 6.43.